The molecular formula is C18H32N2O. The topological polar surface area (TPSA) is 38.5 Å². The van der Waals surface area contributed by atoms with Gasteiger partial charge >= 0.3 is 0 Å². The zero-order chi connectivity index (χ0) is 15.5. The highest BCUT2D eigenvalue weighted by molar-refractivity contribution is 5.29. The van der Waals surface area contributed by atoms with Crippen LogP contribution in [0.5, 0.6) is 5.75 Å². The molecule has 1 aromatic rings. The van der Waals surface area contributed by atoms with Crippen molar-refractivity contribution in [1.82, 2.24) is 4.90 Å². The van der Waals surface area contributed by atoms with Crippen molar-refractivity contribution in [1.29, 1.82) is 0 Å². The molecule has 0 bridgehead atoms. The van der Waals surface area contributed by atoms with Gasteiger partial charge in [-0.15, -0.1) is 0 Å². The minimum absolute atomic E-state index is 0.304. The maximum absolute atomic E-state index is 5.95. The van der Waals surface area contributed by atoms with E-state index >= 15 is 0 Å². The Hall–Kier alpha value is -1.06. The molecule has 0 saturated heterocycles. The normalized spacial score (nSPS) is 12.6. The molecule has 1 unspecified atom stereocenters. The van der Waals surface area contributed by atoms with Crippen molar-refractivity contribution >= 4 is 0 Å². The van der Waals surface area contributed by atoms with Gasteiger partial charge in [0.2, 0.25) is 0 Å². The summed E-state index contributed by atoms with van der Waals surface area (Å²) < 4.78 is 5.79. The number of hydrogen-bond donors (Lipinski definition) is 1. The molecule has 0 aromatic heterocycles. The number of rotatable bonds is 11. The average Bonchev–Trinajstić information content (AvgIpc) is 2.53. The lowest BCUT2D eigenvalue weighted by molar-refractivity contribution is 0.224. The molecule has 3 nitrogen and oxygen atoms in total. The van der Waals surface area contributed by atoms with Gasteiger partial charge in [0.15, 0.2) is 0 Å². The van der Waals surface area contributed by atoms with Crippen molar-refractivity contribution in [2.45, 2.75) is 52.5 Å². The summed E-state index contributed by atoms with van der Waals surface area (Å²) in [7, 11) is 0. The molecule has 0 fully saturated rings. The Morgan fingerprint density at radius 1 is 1.00 bits per heavy atom. The lowest BCUT2D eigenvalue weighted by Crippen LogP contribution is -2.33. The SMILES string of the molecule is CCCCCCOc1ccc(C(CN)N(CC)CC)cc1. The van der Waals surface area contributed by atoms with Crippen LogP contribution in [0.2, 0.25) is 0 Å². The van der Waals surface area contributed by atoms with E-state index in [1.54, 1.807) is 0 Å². The highest BCUT2D eigenvalue weighted by Crippen LogP contribution is 2.22. The fourth-order valence-corrected chi connectivity index (χ4v) is 2.67. The molecule has 0 aliphatic rings. The Bertz CT molecular complexity index is 360. The van der Waals surface area contributed by atoms with E-state index in [9.17, 15) is 0 Å². The molecule has 0 radical (unpaired) electrons. The maximum Gasteiger partial charge on any atom is 0.119 e. The third-order valence-corrected chi connectivity index (χ3v) is 4.01. The van der Waals surface area contributed by atoms with Crippen molar-refractivity contribution in [2.24, 2.45) is 5.73 Å². The molecule has 120 valence electrons. The first-order valence-electron chi connectivity index (χ1n) is 8.43. The van der Waals surface area contributed by atoms with Crippen LogP contribution in [-0.2, 0) is 0 Å². The van der Waals surface area contributed by atoms with Gasteiger partial charge < -0.3 is 10.5 Å². The molecule has 1 atom stereocenters. The Labute approximate surface area is 130 Å². The van der Waals surface area contributed by atoms with Crippen LogP contribution < -0.4 is 10.5 Å². The molecule has 0 amide bonds. The van der Waals surface area contributed by atoms with Crippen LogP contribution in [0.1, 0.15) is 58.1 Å². The second kappa shape index (κ2) is 10.6. The molecule has 1 rings (SSSR count). The van der Waals surface area contributed by atoms with Crippen LogP contribution in [0.3, 0.4) is 0 Å². The predicted molar refractivity (Wildman–Crippen MR) is 90.8 cm³/mol. The van der Waals surface area contributed by atoms with Crippen molar-refractivity contribution in [3.63, 3.8) is 0 Å². The molecule has 0 heterocycles. The number of likely N-dealkylation sites (N-methyl/N-ethyl adjacent to an activating group) is 1. The molecule has 1 aromatic carbocycles. The van der Waals surface area contributed by atoms with Gasteiger partial charge in [-0.05, 0) is 37.2 Å². The Morgan fingerprint density at radius 3 is 2.19 bits per heavy atom. The first-order valence-corrected chi connectivity index (χ1v) is 8.43. The molecular weight excluding hydrogens is 260 g/mol. The summed E-state index contributed by atoms with van der Waals surface area (Å²) in [6.07, 6.45) is 4.96. The highest BCUT2D eigenvalue weighted by atomic mass is 16.5. The van der Waals surface area contributed by atoms with E-state index in [1.165, 1.54) is 24.8 Å². The predicted octanol–water partition coefficient (Wildman–Crippen LogP) is 3.99. The molecule has 0 aliphatic carbocycles. The Balaban J connectivity index is 2.52. The fourth-order valence-electron chi connectivity index (χ4n) is 2.67. The summed E-state index contributed by atoms with van der Waals surface area (Å²) in [5, 5.41) is 0. The lowest BCUT2D eigenvalue weighted by atomic mass is 10.1. The largest absolute Gasteiger partial charge is 0.494 e. The highest BCUT2D eigenvalue weighted by Gasteiger charge is 2.15. The number of nitrogens with two attached hydrogens (primary N) is 1. The second-order valence-electron chi connectivity index (χ2n) is 5.45. The Kier molecular flexibility index (Phi) is 9.11. The molecule has 3 heteroatoms. The number of ether oxygens (including phenoxy) is 1. The van der Waals surface area contributed by atoms with Gasteiger partial charge in [0.05, 0.1) is 6.61 Å². The molecule has 0 aliphatic heterocycles. The minimum atomic E-state index is 0.304. The zero-order valence-electron chi connectivity index (χ0n) is 14.0. The lowest BCUT2D eigenvalue weighted by Gasteiger charge is -2.29. The van der Waals surface area contributed by atoms with E-state index in [2.05, 4.69) is 49.9 Å². The molecule has 0 saturated carbocycles. The van der Waals surface area contributed by atoms with Crippen LogP contribution >= 0.6 is 0 Å². The van der Waals surface area contributed by atoms with E-state index in [0.717, 1.165) is 31.9 Å². The molecule has 2 N–H and O–H groups in total. The smallest absolute Gasteiger partial charge is 0.119 e. The van der Waals surface area contributed by atoms with Crippen LogP contribution in [0.4, 0.5) is 0 Å². The van der Waals surface area contributed by atoms with E-state index in [0.29, 0.717) is 12.6 Å². The van der Waals surface area contributed by atoms with Gasteiger partial charge in [0.25, 0.3) is 0 Å². The standard InChI is InChI=1S/C18H32N2O/c1-4-7-8-9-14-21-17-12-10-16(11-13-17)18(15-19)20(5-2)6-3/h10-13,18H,4-9,14-15,19H2,1-3H3. The van der Waals surface area contributed by atoms with E-state index in [4.69, 9.17) is 10.5 Å². The van der Waals surface area contributed by atoms with Crippen LogP contribution in [0.15, 0.2) is 24.3 Å². The number of benzene rings is 1. The van der Waals surface area contributed by atoms with Crippen molar-refractivity contribution < 1.29 is 4.74 Å². The first kappa shape index (κ1) is 18.0. The van der Waals surface area contributed by atoms with Crippen molar-refractivity contribution in [2.75, 3.05) is 26.2 Å². The van der Waals surface area contributed by atoms with E-state index < -0.39 is 0 Å². The minimum Gasteiger partial charge on any atom is -0.494 e. The number of unbranched alkanes of at least 4 members (excludes halogenated alkanes) is 3. The number of hydrogen-bond acceptors (Lipinski definition) is 3. The maximum atomic E-state index is 5.95. The zero-order valence-corrected chi connectivity index (χ0v) is 14.0. The number of nitrogens with zero attached hydrogens (tertiary/aromatic N) is 1. The second-order valence-corrected chi connectivity index (χ2v) is 5.45. The average molecular weight is 292 g/mol. The van der Waals surface area contributed by atoms with Crippen molar-refractivity contribution in [3.8, 4) is 5.75 Å². The van der Waals surface area contributed by atoms with Gasteiger partial charge in [-0.2, -0.15) is 0 Å². The van der Waals surface area contributed by atoms with Gasteiger partial charge in [-0.1, -0.05) is 52.2 Å². The monoisotopic (exact) mass is 292 g/mol. The molecule has 0 spiro atoms. The first-order chi connectivity index (χ1) is 10.3. The summed E-state index contributed by atoms with van der Waals surface area (Å²) in [6, 6.07) is 8.75. The third-order valence-electron chi connectivity index (χ3n) is 4.01. The summed E-state index contributed by atoms with van der Waals surface area (Å²) >= 11 is 0. The van der Waals surface area contributed by atoms with Gasteiger partial charge in [0, 0.05) is 12.6 Å². The summed E-state index contributed by atoms with van der Waals surface area (Å²) in [5.74, 6) is 0.963. The van der Waals surface area contributed by atoms with Gasteiger partial charge in [-0.25, -0.2) is 0 Å². The fraction of sp³-hybridized carbons (Fsp3) is 0.667. The van der Waals surface area contributed by atoms with Crippen LogP contribution in [0, 0.1) is 0 Å². The quantitative estimate of drug-likeness (QED) is 0.627. The van der Waals surface area contributed by atoms with Crippen LogP contribution in [-0.4, -0.2) is 31.1 Å². The van der Waals surface area contributed by atoms with E-state index in [-0.39, 0.29) is 0 Å². The Morgan fingerprint density at radius 2 is 1.67 bits per heavy atom. The molecule has 21 heavy (non-hydrogen) atoms. The van der Waals surface area contributed by atoms with E-state index in [1.807, 2.05) is 0 Å². The third kappa shape index (κ3) is 6.06. The van der Waals surface area contributed by atoms with Crippen molar-refractivity contribution in [3.05, 3.63) is 29.8 Å². The van der Waals surface area contributed by atoms with Gasteiger partial charge in [0.1, 0.15) is 5.75 Å². The summed E-state index contributed by atoms with van der Waals surface area (Å²) in [5.41, 5.74) is 7.23. The van der Waals surface area contributed by atoms with Gasteiger partial charge in [-0.3, -0.25) is 4.90 Å². The summed E-state index contributed by atoms with van der Waals surface area (Å²) in [6.45, 7) is 10.1. The summed E-state index contributed by atoms with van der Waals surface area (Å²) in [4.78, 5) is 2.39. The van der Waals surface area contributed by atoms with Crippen LogP contribution in [0.25, 0.3) is 0 Å².